The van der Waals surface area contributed by atoms with Crippen LogP contribution >= 0.6 is 0 Å². The van der Waals surface area contributed by atoms with E-state index in [0.717, 1.165) is 11.1 Å². The Kier molecular flexibility index (Phi) is 6.55. The Morgan fingerprint density at radius 2 is 1.33 bits per heavy atom. The highest BCUT2D eigenvalue weighted by atomic mass is 16.5. The predicted octanol–water partition coefficient (Wildman–Crippen LogP) is 2.43. The van der Waals surface area contributed by atoms with E-state index in [-0.39, 0.29) is 12.8 Å². The van der Waals surface area contributed by atoms with Gasteiger partial charge in [0, 0.05) is 25.2 Å². The molecule has 2 aromatic heterocycles. The number of carbonyl (C=O) groups excluding carboxylic acids is 1. The fourth-order valence-corrected chi connectivity index (χ4v) is 3.68. The molecule has 0 radical (unpaired) electrons. The Balaban J connectivity index is 1.51. The Labute approximate surface area is 191 Å². The summed E-state index contributed by atoms with van der Waals surface area (Å²) in [5.74, 6) is -0.639. The van der Waals surface area contributed by atoms with Crippen molar-refractivity contribution in [3.05, 3.63) is 95.6 Å². The number of ether oxygens (including phenoxy) is 1. The molecule has 0 aliphatic carbocycles. The van der Waals surface area contributed by atoms with Crippen LogP contribution in [0.2, 0.25) is 0 Å². The summed E-state index contributed by atoms with van der Waals surface area (Å²) in [6.07, 6.45) is 3.59. The number of nitriles is 1. The lowest BCUT2D eigenvalue weighted by Crippen LogP contribution is -2.36. The summed E-state index contributed by atoms with van der Waals surface area (Å²) in [6, 6.07) is 21.8. The molecule has 9 nitrogen and oxygen atoms in total. The Hall–Kier alpha value is -4.32. The van der Waals surface area contributed by atoms with Crippen LogP contribution in [0.15, 0.2) is 73.1 Å². The molecule has 0 unspecified atom stereocenters. The lowest BCUT2D eigenvalue weighted by molar-refractivity contribution is -0.149. The second-order valence-electron chi connectivity index (χ2n) is 7.83. The maximum absolute atomic E-state index is 12.7. The van der Waals surface area contributed by atoms with E-state index < -0.39 is 11.4 Å². The summed E-state index contributed by atoms with van der Waals surface area (Å²) >= 11 is 0. The molecule has 0 atom stereocenters. The van der Waals surface area contributed by atoms with Crippen molar-refractivity contribution in [3.8, 4) is 6.07 Å². The smallest absolute Gasteiger partial charge is 0.327 e. The van der Waals surface area contributed by atoms with Crippen LogP contribution in [-0.2, 0) is 35.5 Å². The van der Waals surface area contributed by atoms with Crippen LogP contribution in [0.25, 0.3) is 0 Å². The van der Waals surface area contributed by atoms with Gasteiger partial charge in [-0.3, -0.25) is 4.79 Å². The lowest BCUT2D eigenvalue weighted by Gasteiger charge is -2.21. The van der Waals surface area contributed by atoms with Gasteiger partial charge in [-0.05, 0) is 11.1 Å². The molecule has 0 saturated carbocycles. The van der Waals surface area contributed by atoms with Crippen molar-refractivity contribution in [3.63, 3.8) is 0 Å². The van der Waals surface area contributed by atoms with E-state index in [4.69, 9.17) is 4.74 Å². The molecule has 0 spiro atoms. The molecule has 4 rings (SSSR count). The monoisotopic (exact) mass is 441 g/mol. The van der Waals surface area contributed by atoms with Gasteiger partial charge in [0.05, 0.1) is 37.7 Å². The molecule has 4 aromatic rings. The number of esters is 1. The third-order valence-corrected chi connectivity index (χ3v) is 5.30. The summed E-state index contributed by atoms with van der Waals surface area (Å²) in [6.45, 7) is 1.08. The summed E-state index contributed by atoms with van der Waals surface area (Å²) in [5.41, 5.74) is 1.70. The van der Waals surface area contributed by atoms with Crippen LogP contribution in [0, 0.1) is 16.7 Å². The molecular weight excluding hydrogens is 418 g/mol. The van der Waals surface area contributed by atoms with E-state index in [1.807, 2.05) is 60.7 Å². The first-order chi connectivity index (χ1) is 16.1. The minimum Gasteiger partial charge on any atom is -0.468 e. The van der Waals surface area contributed by atoms with Crippen LogP contribution < -0.4 is 0 Å². The first kappa shape index (κ1) is 21.9. The first-order valence-electron chi connectivity index (χ1n) is 10.5. The van der Waals surface area contributed by atoms with Crippen LogP contribution in [-0.4, -0.2) is 43.1 Å². The second kappa shape index (κ2) is 9.87. The average Bonchev–Trinajstić information content (AvgIpc) is 3.48. The van der Waals surface area contributed by atoms with Gasteiger partial charge in [0.1, 0.15) is 0 Å². The topological polar surface area (TPSA) is 112 Å². The molecule has 2 aromatic carbocycles. The molecule has 0 fully saturated rings. The number of hydrogen-bond acceptors (Lipinski definition) is 7. The molecule has 0 bridgehead atoms. The normalized spacial score (nSPS) is 11.2. The minimum absolute atomic E-state index is 0.0521. The van der Waals surface area contributed by atoms with Gasteiger partial charge in [-0.25, -0.2) is 9.36 Å². The summed E-state index contributed by atoms with van der Waals surface area (Å²) in [4.78, 5) is 12.7. The SMILES string of the molecule is COC(=O)C(C#N)(Cc1cn(Cc2ccccc2)nn1)Cc1cn(Cc2ccccc2)nn1. The van der Waals surface area contributed by atoms with E-state index in [9.17, 15) is 10.1 Å². The highest BCUT2D eigenvalue weighted by Gasteiger charge is 2.42. The third-order valence-electron chi connectivity index (χ3n) is 5.30. The fraction of sp³-hybridized carbons (Fsp3) is 0.250. The van der Waals surface area contributed by atoms with Gasteiger partial charge in [0.2, 0.25) is 0 Å². The van der Waals surface area contributed by atoms with Crippen molar-refractivity contribution >= 4 is 5.97 Å². The van der Waals surface area contributed by atoms with E-state index in [2.05, 4.69) is 26.7 Å². The number of aromatic nitrogens is 6. The zero-order chi connectivity index (χ0) is 23.1. The standard InChI is InChI=1S/C24H23N7O2/c1-33-23(32)24(18-25,12-21-16-30(28-26-21)14-19-8-4-2-5-9-19)13-22-17-31(29-27-22)15-20-10-6-3-7-11-20/h2-11,16-17H,12-15H2,1H3. The molecule has 2 heterocycles. The summed E-state index contributed by atoms with van der Waals surface area (Å²) < 4.78 is 8.35. The Morgan fingerprint density at radius 3 is 1.73 bits per heavy atom. The molecular formula is C24H23N7O2. The second-order valence-corrected chi connectivity index (χ2v) is 7.83. The molecule has 0 saturated heterocycles. The van der Waals surface area contributed by atoms with Gasteiger partial charge in [-0.2, -0.15) is 5.26 Å². The number of benzene rings is 2. The van der Waals surface area contributed by atoms with Crippen LogP contribution in [0.1, 0.15) is 22.5 Å². The molecule has 0 amide bonds. The van der Waals surface area contributed by atoms with Crippen LogP contribution in [0.3, 0.4) is 0 Å². The number of carbonyl (C=O) groups is 1. The maximum atomic E-state index is 12.7. The highest BCUT2D eigenvalue weighted by Crippen LogP contribution is 2.28. The van der Waals surface area contributed by atoms with Gasteiger partial charge in [-0.1, -0.05) is 71.1 Å². The zero-order valence-corrected chi connectivity index (χ0v) is 18.2. The van der Waals surface area contributed by atoms with Crippen LogP contribution in [0.4, 0.5) is 0 Å². The summed E-state index contributed by atoms with van der Waals surface area (Å²) in [7, 11) is 1.27. The predicted molar refractivity (Wildman–Crippen MR) is 119 cm³/mol. The van der Waals surface area contributed by atoms with E-state index in [1.165, 1.54) is 7.11 Å². The molecule has 9 heteroatoms. The number of methoxy groups -OCH3 is 1. The molecule has 33 heavy (non-hydrogen) atoms. The van der Waals surface area contributed by atoms with Crippen molar-refractivity contribution in [1.82, 2.24) is 30.0 Å². The number of nitrogens with zero attached hydrogens (tertiary/aromatic N) is 7. The van der Waals surface area contributed by atoms with Crippen molar-refractivity contribution in [2.24, 2.45) is 5.41 Å². The van der Waals surface area contributed by atoms with Gasteiger partial charge >= 0.3 is 5.97 Å². The lowest BCUT2D eigenvalue weighted by atomic mass is 9.80. The molecule has 0 aliphatic heterocycles. The number of hydrogen-bond donors (Lipinski definition) is 0. The fourth-order valence-electron chi connectivity index (χ4n) is 3.68. The van der Waals surface area contributed by atoms with E-state index in [1.54, 1.807) is 21.8 Å². The van der Waals surface area contributed by atoms with Crippen molar-refractivity contribution in [1.29, 1.82) is 5.26 Å². The van der Waals surface area contributed by atoms with E-state index in [0.29, 0.717) is 24.5 Å². The summed E-state index contributed by atoms with van der Waals surface area (Å²) in [5, 5.41) is 26.7. The third kappa shape index (κ3) is 5.30. The minimum atomic E-state index is -1.49. The van der Waals surface area contributed by atoms with Crippen molar-refractivity contribution in [2.75, 3.05) is 7.11 Å². The van der Waals surface area contributed by atoms with Gasteiger partial charge in [0.25, 0.3) is 0 Å². The first-order valence-corrected chi connectivity index (χ1v) is 10.5. The van der Waals surface area contributed by atoms with E-state index >= 15 is 0 Å². The largest absolute Gasteiger partial charge is 0.468 e. The van der Waals surface area contributed by atoms with Gasteiger partial charge in [0.15, 0.2) is 5.41 Å². The van der Waals surface area contributed by atoms with Crippen molar-refractivity contribution < 1.29 is 9.53 Å². The highest BCUT2D eigenvalue weighted by molar-refractivity contribution is 5.80. The zero-order valence-electron chi connectivity index (χ0n) is 18.2. The molecule has 166 valence electrons. The van der Waals surface area contributed by atoms with Crippen LogP contribution in [0.5, 0.6) is 0 Å². The van der Waals surface area contributed by atoms with Gasteiger partial charge < -0.3 is 4.74 Å². The van der Waals surface area contributed by atoms with Gasteiger partial charge in [-0.15, -0.1) is 10.2 Å². The number of rotatable bonds is 9. The maximum Gasteiger partial charge on any atom is 0.327 e. The Bertz CT molecular complexity index is 1160. The Morgan fingerprint density at radius 1 is 0.879 bits per heavy atom. The quantitative estimate of drug-likeness (QED) is 0.367. The average molecular weight is 441 g/mol. The molecule has 0 N–H and O–H groups in total. The van der Waals surface area contributed by atoms with Crippen molar-refractivity contribution in [2.45, 2.75) is 25.9 Å². The molecule has 0 aliphatic rings.